The topological polar surface area (TPSA) is 162 Å². The Labute approximate surface area is 169 Å². The summed E-state index contributed by atoms with van der Waals surface area (Å²) in [4.78, 5) is 50.1. The van der Waals surface area contributed by atoms with E-state index in [0.29, 0.717) is 19.4 Å². The molecule has 5 atom stereocenters. The molecule has 1 heterocycles. The van der Waals surface area contributed by atoms with Crippen LogP contribution < -0.4 is 16.4 Å². The van der Waals surface area contributed by atoms with Gasteiger partial charge in [-0.25, -0.2) is 4.79 Å². The number of carboxylic acid groups (broad SMARTS) is 1. The summed E-state index contributed by atoms with van der Waals surface area (Å²) in [7, 11) is 0. The lowest BCUT2D eigenvalue weighted by molar-refractivity contribution is -0.145. The lowest BCUT2D eigenvalue weighted by Crippen LogP contribution is -2.60. The lowest BCUT2D eigenvalue weighted by Gasteiger charge is -2.29. The molecule has 0 bridgehead atoms. The number of amides is 3. The fourth-order valence-electron chi connectivity index (χ4n) is 3.01. The van der Waals surface area contributed by atoms with Gasteiger partial charge in [-0.1, -0.05) is 13.8 Å². The number of aliphatic hydroxyl groups is 1. The van der Waals surface area contributed by atoms with Crippen molar-refractivity contribution in [3.63, 3.8) is 0 Å². The molecule has 160 valence electrons. The van der Waals surface area contributed by atoms with E-state index in [1.54, 1.807) is 13.8 Å². The minimum atomic E-state index is -1.36. The molecule has 1 aliphatic heterocycles. The summed E-state index contributed by atoms with van der Waals surface area (Å²) in [6.45, 7) is 4.92. The Morgan fingerprint density at radius 2 is 1.79 bits per heavy atom. The number of carbonyl (C=O) groups excluding carboxylic acids is 3. The predicted molar refractivity (Wildman–Crippen MR) is 105 cm³/mol. The second-order valence-electron chi connectivity index (χ2n) is 7.27. The molecular formula is C17H30N4O6S. The van der Waals surface area contributed by atoms with Crippen LogP contribution in [0, 0.1) is 5.92 Å². The predicted octanol–water partition coefficient (Wildman–Crippen LogP) is -1.67. The molecule has 3 amide bonds. The van der Waals surface area contributed by atoms with Gasteiger partial charge in [0.1, 0.15) is 18.1 Å². The van der Waals surface area contributed by atoms with Crippen LogP contribution in [-0.4, -0.2) is 81.4 Å². The molecule has 0 aromatic heterocycles. The molecule has 0 saturated carbocycles. The number of nitrogens with two attached hydrogens (primary N) is 1. The van der Waals surface area contributed by atoms with E-state index >= 15 is 0 Å². The van der Waals surface area contributed by atoms with Crippen LogP contribution in [0.5, 0.6) is 0 Å². The van der Waals surface area contributed by atoms with Gasteiger partial charge in [0.2, 0.25) is 17.7 Å². The normalized spacial score (nSPS) is 21.0. The zero-order valence-corrected chi connectivity index (χ0v) is 17.2. The molecular weight excluding hydrogens is 388 g/mol. The van der Waals surface area contributed by atoms with Crippen LogP contribution in [0.1, 0.15) is 33.6 Å². The van der Waals surface area contributed by atoms with Crippen molar-refractivity contribution in [2.45, 2.75) is 63.9 Å². The maximum Gasteiger partial charge on any atom is 0.326 e. The third-order valence-electron chi connectivity index (χ3n) is 4.65. The average molecular weight is 419 g/mol. The number of hydrogen-bond donors (Lipinski definition) is 6. The first kappa shape index (κ1) is 24.2. The number of nitrogens with one attached hydrogen (secondary N) is 2. The first-order valence-electron chi connectivity index (χ1n) is 9.19. The van der Waals surface area contributed by atoms with E-state index in [2.05, 4.69) is 23.3 Å². The Bertz CT molecular complexity index is 600. The number of aliphatic hydroxyl groups excluding tert-OH is 1. The quantitative estimate of drug-likeness (QED) is 0.244. The van der Waals surface area contributed by atoms with E-state index in [4.69, 9.17) is 5.73 Å². The number of thiol groups is 1. The first-order valence-corrected chi connectivity index (χ1v) is 9.83. The van der Waals surface area contributed by atoms with E-state index in [1.807, 2.05) is 0 Å². The van der Waals surface area contributed by atoms with Crippen LogP contribution in [0.2, 0.25) is 0 Å². The van der Waals surface area contributed by atoms with Crippen molar-refractivity contribution in [3.8, 4) is 0 Å². The average Bonchev–Trinajstić information content (AvgIpc) is 3.11. The second kappa shape index (κ2) is 10.6. The summed E-state index contributed by atoms with van der Waals surface area (Å²) in [5, 5.41) is 23.9. The maximum atomic E-state index is 12.7. The van der Waals surface area contributed by atoms with Crippen molar-refractivity contribution < 1.29 is 29.4 Å². The van der Waals surface area contributed by atoms with Crippen molar-refractivity contribution in [1.29, 1.82) is 0 Å². The van der Waals surface area contributed by atoms with Crippen molar-refractivity contribution >= 4 is 36.3 Å². The Kier molecular flexibility index (Phi) is 9.18. The number of aliphatic carboxylic acids is 1. The number of nitrogens with zero attached hydrogens (tertiary/aromatic N) is 1. The van der Waals surface area contributed by atoms with Gasteiger partial charge in [0.05, 0.1) is 12.1 Å². The highest BCUT2D eigenvalue weighted by Crippen LogP contribution is 2.19. The first-order chi connectivity index (χ1) is 13.0. The largest absolute Gasteiger partial charge is 0.480 e. The monoisotopic (exact) mass is 418 g/mol. The van der Waals surface area contributed by atoms with Crippen molar-refractivity contribution in [1.82, 2.24) is 15.5 Å². The Morgan fingerprint density at radius 3 is 2.25 bits per heavy atom. The molecule has 1 rings (SSSR count). The van der Waals surface area contributed by atoms with Gasteiger partial charge in [-0.3, -0.25) is 14.4 Å². The molecule has 0 radical (unpaired) electrons. The molecule has 0 spiro atoms. The van der Waals surface area contributed by atoms with Gasteiger partial charge in [-0.05, 0) is 25.7 Å². The molecule has 11 heteroatoms. The minimum Gasteiger partial charge on any atom is -0.480 e. The summed E-state index contributed by atoms with van der Waals surface area (Å²) in [6, 6.07) is -4.17. The van der Waals surface area contributed by atoms with Crippen LogP contribution in [0.3, 0.4) is 0 Å². The SMILES string of the molecule is CC(C)C(NC(=O)C(NC(=O)C1CCCN1C(=O)C(N)CS)C(C)O)C(=O)O. The molecule has 5 unspecified atom stereocenters. The van der Waals surface area contributed by atoms with Crippen molar-refractivity contribution in [2.75, 3.05) is 12.3 Å². The smallest absolute Gasteiger partial charge is 0.326 e. The highest BCUT2D eigenvalue weighted by molar-refractivity contribution is 7.80. The zero-order valence-electron chi connectivity index (χ0n) is 16.3. The van der Waals surface area contributed by atoms with Gasteiger partial charge in [-0.2, -0.15) is 12.6 Å². The summed E-state index contributed by atoms with van der Waals surface area (Å²) >= 11 is 4.00. The second-order valence-corrected chi connectivity index (χ2v) is 7.64. The van der Waals surface area contributed by atoms with Gasteiger partial charge in [0.15, 0.2) is 0 Å². The molecule has 28 heavy (non-hydrogen) atoms. The van der Waals surface area contributed by atoms with Gasteiger partial charge in [0.25, 0.3) is 0 Å². The molecule has 0 aliphatic carbocycles. The number of rotatable bonds is 9. The Balaban J connectivity index is 2.88. The van der Waals surface area contributed by atoms with Crippen LogP contribution >= 0.6 is 12.6 Å². The summed E-state index contributed by atoms with van der Waals surface area (Å²) in [6.07, 6.45) is -0.270. The molecule has 1 fully saturated rings. The van der Waals surface area contributed by atoms with E-state index < -0.39 is 59.9 Å². The Hall–Kier alpha value is -1.85. The minimum absolute atomic E-state index is 0.133. The van der Waals surface area contributed by atoms with Gasteiger partial charge < -0.3 is 31.5 Å². The number of hydrogen-bond acceptors (Lipinski definition) is 7. The van der Waals surface area contributed by atoms with Crippen molar-refractivity contribution in [3.05, 3.63) is 0 Å². The number of carboxylic acids is 1. The molecule has 1 saturated heterocycles. The standard InChI is InChI=1S/C17H30N4O6S/c1-8(2)12(17(26)27)19-15(24)13(9(3)22)20-14(23)11-5-4-6-21(11)16(25)10(18)7-28/h8-13,22,28H,4-7,18H2,1-3H3,(H,19,24)(H,20,23)(H,26,27). The number of likely N-dealkylation sites (tertiary alicyclic amines) is 1. The third-order valence-corrected chi connectivity index (χ3v) is 5.04. The van der Waals surface area contributed by atoms with Gasteiger partial charge >= 0.3 is 5.97 Å². The number of carbonyl (C=O) groups is 4. The zero-order chi connectivity index (χ0) is 21.6. The lowest BCUT2D eigenvalue weighted by atomic mass is 10.0. The fourth-order valence-corrected chi connectivity index (χ4v) is 3.16. The highest BCUT2D eigenvalue weighted by Gasteiger charge is 2.38. The van der Waals surface area contributed by atoms with E-state index in [9.17, 15) is 29.4 Å². The van der Waals surface area contributed by atoms with Crippen LogP contribution in [0.15, 0.2) is 0 Å². The maximum absolute atomic E-state index is 12.7. The molecule has 1 aliphatic rings. The molecule has 0 aromatic rings. The van der Waals surface area contributed by atoms with Crippen LogP contribution in [0.4, 0.5) is 0 Å². The van der Waals surface area contributed by atoms with E-state index in [-0.39, 0.29) is 5.75 Å². The Morgan fingerprint density at radius 1 is 1.18 bits per heavy atom. The molecule has 10 nitrogen and oxygen atoms in total. The van der Waals surface area contributed by atoms with Crippen molar-refractivity contribution in [2.24, 2.45) is 11.7 Å². The van der Waals surface area contributed by atoms with Gasteiger partial charge in [0, 0.05) is 12.3 Å². The van der Waals surface area contributed by atoms with Gasteiger partial charge in [-0.15, -0.1) is 0 Å². The summed E-state index contributed by atoms with van der Waals surface area (Å²) in [5.41, 5.74) is 5.71. The van der Waals surface area contributed by atoms with E-state index in [0.717, 1.165) is 0 Å². The summed E-state index contributed by atoms with van der Waals surface area (Å²) < 4.78 is 0. The van der Waals surface area contributed by atoms with Crippen LogP contribution in [-0.2, 0) is 19.2 Å². The van der Waals surface area contributed by atoms with Crippen LogP contribution in [0.25, 0.3) is 0 Å². The van der Waals surface area contributed by atoms with E-state index in [1.165, 1.54) is 11.8 Å². The highest BCUT2D eigenvalue weighted by atomic mass is 32.1. The summed E-state index contributed by atoms with van der Waals surface area (Å²) in [5.74, 6) is -3.29. The third kappa shape index (κ3) is 6.08. The fraction of sp³-hybridized carbons (Fsp3) is 0.765. The molecule has 0 aromatic carbocycles. The molecule has 6 N–H and O–H groups in total.